The van der Waals surface area contributed by atoms with Crippen LogP contribution < -0.4 is 16.0 Å². The largest absolute Gasteiger partial charge is 0.373 e. The van der Waals surface area contributed by atoms with Gasteiger partial charge in [-0.25, -0.2) is 0 Å². The summed E-state index contributed by atoms with van der Waals surface area (Å²) in [6.45, 7) is 2.33. The van der Waals surface area contributed by atoms with Gasteiger partial charge in [-0.1, -0.05) is 23.2 Å². The summed E-state index contributed by atoms with van der Waals surface area (Å²) >= 11 is 13.4. The van der Waals surface area contributed by atoms with Gasteiger partial charge in [0.05, 0.1) is 34.1 Å². The highest BCUT2D eigenvalue weighted by Gasteiger charge is 2.21. The van der Waals surface area contributed by atoms with Crippen molar-refractivity contribution >= 4 is 52.5 Å². The summed E-state index contributed by atoms with van der Waals surface area (Å²) in [6, 6.07) is 7.13. The van der Waals surface area contributed by atoms with E-state index in [1.807, 2.05) is 12.1 Å². The summed E-state index contributed by atoms with van der Waals surface area (Å²) < 4.78 is 5.76. The molecule has 0 spiro atoms. The highest BCUT2D eigenvalue weighted by Crippen LogP contribution is 2.28. The van der Waals surface area contributed by atoms with E-state index in [9.17, 15) is 9.59 Å². The van der Waals surface area contributed by atoms with Crippen molar-refractivity contribution < 1.29 is 14.3 Å². The molecule has 1 atom stereocenters. The van der Waals surface area contributed by atoms with Crippen molar-refractivity contribution in [2.75, 3.05) is 36.9 Å². The van der Waals surface area contributed by atoms with Crippen molar-refractivity contribution in [2.24, 2.45) is 5.73 Å². The highest BCUT2D eigenvalue weighted by atomic mass is 35.5. The third kappa shape index (κ3) is 6.24. The number of carbonyl (C=O) groups excluding carboxylic acids is 2. The fourth-order valence-electron chi connectivity index (χ4n) is 2.82. The number of ether oxygens (including phenoxy) is 1. The van der Waals surface area contributed by atoms with E-state index in [0.717, 1.165) is 12.2 Å². The van der Waals surface area contributed by atoms with Crippen LogP contribution in [0.2, 0.25) is 10.0 Å². The van der Waals surface area contributed by atoms with Crippen LogP contribution in [0.15, 0.2) is 41.6 Å². The molecule has 1 aromatic heterocycles. The molecule has 1 fully saturated rings. The van der Waals surface area contributed by atoms with Crippen molar-refractivity contribution in [3.63, 3.8) is 0 Å². The summed E-state index contributed by atoms with van der Waals surface area (Å²) in [6.07, 6.45) is 2.85. The summed E-state index contributed by atoms with van der Waals surface area (Å²) in [5, 5.41) is 3.90. The average molecular weight is 455 g/mol. The Bertz CT molecular complexity index is 900. The zero-order valence-corrected chi connectivity index (χ0v) is 17.8. The fraction of sp³-hybridized carbons (Fsp3) is 0.316. The van der Waals surface area contributed by atoms with Crippen LogP contribution >= 0.6 is 35.0 Å². The first-order valence-corrected chi connectivity index (χ1v) is 10.6. The first-order valence-electron chi connectivity index (χ1n) is 8.88. The lowest BCUT2D eigenvalue weighted by Gasteiger charge is -2.34. The molecule has 1 saturated heterocycles. The number of nitrogens with one attached hydrogen (secondary N) is 1. The molecule has 1 aromatic carbocycles. The summed E-state index contributed by atoms with van der Waals surface area (Å²) in [4.78, 5) is 30.2. The van der Waals surface area contributed by atoms with Crippen molar-refractivity contribution in [3.05, 3.63) is 52.3 Å². The molecule has 1 aliphatic heterocycles. The van der Waals surface area contributed by atoms with E-state index in [1.54, 1.807) is 18.3 Å². The number of pyridine rings is 1. The van der Waals surface area contributed by atoms with Gasteiger partial charge in [0, 0.05) is 42.6 Å². The van der Waals surface area contributed by atoms with E-state index >= 15 is 0 Å². The standard InChI is InChI=1S/C19H20Cl2N4O3S/c20-16-2-1-13(6-17(16)21)25-3-4-28-14(10-25)8-24-18(26)11-29-15-5-12(19(22)27)7-23-9-15/h1-2,5-7,9,14H,3-4,8,10-11H2,(H2,22,27)(H,24,26). The van der Waals surface area contributed by atoms with Crippen molar-refractivity contribution in [1.82, 2.24) is 10.3 Å². The number of hydrogen-bond acceptors (Lipinski definition) is 6. The summed E-state index contributed by atoms with van der Waals surface area (Å²) in [7, 11) is 0. The maximum Gasteiger partial charge on any atom is 0.250 e. The molecule has 2 amide bonds. The number of nitrogens with two attached hydrogens (primary N) is 1. The molecule has 1 aliphatic rings. The normalized spacial score (nSPS) is 16.5. The number of benzene rings is 1. The number of amides is 2. The summed E-state index contributed by atoms with van der Waals surface area (Å²) in [5.41, 5.74) is 6.52. The molecule has 0 aliphatic carbocycles. The Morgan fingerprint density at radius 2 is 2.10 bits per heavy atom. The third-order valence-electron chi connectivity index (χ3n) is 4.30. The lowest BCUT2D eigenvalue weighted by atomic mass is 10.2. The van der Waals surface area contributed by atoms with Gasteiger partial charge in [0.25, 0.3) is 0 Å². The van der Waals surface area contributed by atoms with Crippen LogP contribution in [-0.4, -0.2) is 54.9 Å². The van der Waals surface area contributed by atoms with Gasteiger partial charge < -0.3 is 20.7 Å². The van der Waals surface area contributed by atoms with Crippen molar-refractivity contribution in [1.29, 1.82) is 0 Å². The average Bonchev–Trinajstić information content (AvgIpc) is 2.73. The minimum absolute atomic E-state index is 0.130. The molecule has 0 bridgehead atoms. The Balaban J connectivity index is 1.46. The van der Waals surface area contributed by atoms with Gasteiger partial charge in [0.2, 0.25) is 11.8 Å². The zero-order valence-electron chi connectivity index (χ0n) is 15.4. The Kier molecular flexibility index (Phi) is 7.60. The van der Waals surface area contributed by atoms with Crippen LogP contribution in [0.3, 0.4) is 0 Å². The molecule has 10 heteroatoms. The second kappa shape index (κ2) is 10.2. The number of anilines is 1. The maximum atomic E-state index is 12.2. The molecule has 3 rings (SSSR count). The number of hydrogen-bond donors (Lipinski definition) is 2. The Morgan fingerprint density at radius 3 is 2.86 bits per heavy atom. The highest BCUT2D eigenvalue weighted by molar-refractivity contribution is 8.00. The lowest BCUT2D eigenvalue weighted by Crippen LogP contribution is -2.47. The van der Waals surface area contributed by atoms with Gasteiger partial charge in [0.15, 0.2) is 0 Å². The van der Waals surface area contributed by atoms with Crippen LogP contribution in [0.5, 0.6) is 0 Å². The van der Waals surface area contributed by atoms with Crippen molar-refractivity contribution in [2.45, 2.75) is 11.0 Å². The number of halogens is 2. The fourth-order valence-corrected chi connectivity index (χ4v) is 3.86. The predicted molar refractivity (Wildman–Crippen MR) is 115 cm³/mol. The van der Waals surface area contributed by atoms with Gasteiger partial charge in [0.1, 0.15) is 0 Å². The van der Waals surface area contributed by atoms with Crippen LogP contribution in [0.1, 0.15) is 10.4 Å². The Hall–Kier alpha value is -2.00. The zero-order chi connectivity index (χ0) is 20.8. The molecule has 2 heterocycles. The number of carbonyl (C=O) groups is 2. The van der Waals surface area contributed by atoms with Gasteiger partial charge in [-0.2, -0.15) is 0 Å². The number of nitrogens with zero attached hydrogens (tertiary/aromatic N) is 2. The number of aromatic nitrogens is 1. The van der Waals surface area contributed by atoms with Crippen LogP contribution in [-0.2, 0) is 9.53 Å². The minimum Gasteiger partial charge on any atom is -0.373 e. The molecule has 0 saturated carbocycles. The monoisotopic (exact) mass is 454 g/mol. The predicted octanol–water partition coefficient (Wildman–Crippen LogP) is 2.60. The molecule has 7 nitrogen and oxygen atoms in total. The smallest absolute Gasteiger partial charge is 0.250 e. The quantitative estimate of drug-likeness (QED) is 0.623. The third-order valence-corrected chi connectivity index (χ3v) is 6.00. The number of rotatable bonds is 7. The molecule has 1 unspecified atom stereocenters. The van der Waals surface area contributed by atoms with E-state index in [1.165, 1.54) is 18.0 Å². The minimum atomic E-state index is -0.551. The molecule has 154 valence electrons. The van der Waals surface area contributed by atoms with E-state index < -0.39 is 5.91 Å². The number of thioether (sulfide) groups is 1. The van der Waals surface area contributed by atoms with Crippen molar-refractivity contribution in [3.8, 4) is 0 Å². The molecule has 0 radical (unpaired) electrons. The lowest BCUT2D eigenvalue weighted by molar-refractivity contribution is -0.119. The SMILES string of the molecule is NC(=O)c1cncc(SCC(=O)NCC2CN(c3ccc(Cl)c(Cl)c3)CCO2)c1. The first kappa shape index (κ1) is 21.7. The van der Waals surface area contributed by atoms with Gasteiger partial charge in [-0.15, -0.1) is 11.8 Å². The van der Waals surface area contributed by atoms with E-state index in [0.29, 0.717) is 40.2 Å². The van der Waals surface area contributed by atoms with Gasteiger partial charge in [-0.05, 0) is 24.3 Å². The Labute approximate surface area is 182 Å². The molecule has 2 aromatic rings. The second-order valence-electron chi connectivity index (χ2n) is 6.40. The molecular weight excluding hydrogens is 435 g/mol. The first-order chi connectivity index (χ1) is 13.9. The van der Waals surface area contributed by atoms with Crippen LogP contribution in [0.4, 0.5) is 5.69 Å². The van der Waals surface area contributed by atoms with E-state index in [2.05, 4.69) is 15.2 Å². The summed E-state index contributed by atoms with van der Waals surface area (Å²) in [5.74, 6) is -0.479. The van der Waals surface area contributed by atoms with Gasteiger partial charge >= 0.3 is 0 Å². The van der Waals surface area contributed by atoms with Gasteiger partial charge in [-0.3, -0.25) is 14.6 Å². The molecule has 29 heavy (non-hydrogen) atoms. The van der Waals surface area contributed by atoms with Crippen LogP contribution in [0, 0.1) is 0 Å². The van der Waals surface area contributed by atoms with E-state index in [4.69, 9.17) is 33.7 Å². The van der Waals surface area contributed by atoms with Crippen LogP contribution in [0.25, 0.3) is 0 Å². The van der Waals surface area contributed by atoms with E-state index in [-0.39, 0.29) is 17.8 Å². The Morgan fingerprint density at radius 1 is 1.28 bits per heavy atom. The second-order valence-corrected chi connectivity index (χ2v) is 8.27. The number of morpholine rings is 1. The maximum absolute atomic E-state index is 12.2. The molecular formula is C19H20Cl2N4O3S. The topological polar surface area (TPSA) is 97.6 Å². The number of primary amides is 1. The molecule has 3 N–H and O–H groups in total.